The number of carbonyl (C=O) groups is 2. The summed E-state index contributed by atoms with van der Waals surface area (Å²) in [5.74, 6) is 1.44. The number of fused-ring (bicyclic) bond motifs is 1. The van der Waals surface area contributed by atoms with E-state index in [9.17, 15) is 9.59 Å². The topological polar surface area (TPSA) is 70.4 Å². The zero-order chi connectivity index (χ0) is 15.4. The van der Waals surface area contributed by atoms with Crippen LogP contribution in [0.1, 0.15) is 23.7 Å². The molecule has 0 bridgehead atoms. The van der Waals surface area contributed by atoms with Crippen LogP contribution in [0.4, 0.5) is 5.69 Å². The van der Waals surface area contributed by atoms with Crippen molar-refractivity contribution in [3.63, 3.8) is 0 Å². The number of nitriles is 1. The molecule has 2 rings (SSSR count). The van der Waals surface area contributed by atoms with Gasteiger partial charge in [-0.3, -0.25) is 9.59 Å². The van der Waals surface area contributed by atoms with Gasteiger partial charge in [-0.2, -0.15) is 17.0 Å². The van der Waals surface area contributed by atoms with E-state index in [2.05, 4.69) is 0 Å². The molecule has 21 heavy (non-hydrogen) atoms. The molecular formula is C15H16N2O3S. The third kappa shape index (κ3) is 3.37. The Hall–Kier alpha value is -2.00. The van der Waals surface area contributed by atoms with Gasteiger partial charge in [-0.15, -0.1) is 0 Å². The lowest BCUT2D eigenvalue weighted by molar-refractivity contribution is -0.125. The number of Topliss-reactive ketones (excluding diaryl/α,β-unsaturated/α-hetero) is 1. The fourth-order valence-corrected chi connectivity index (χ4v) is 2.78. The number of benzene rings is 1. The van der Waals surface area contributed by atoms with Crippen LogP contribution >= 0.6 is 11.8 Å². The summed E-state index contributed by atoms with van der Waals surface area (Å²) in [6.45, 7) is 1.70. The summed E-state index contributed by atoms with van der Waals surface area (Å²) in [6.07, 6.45) is -0.0731. The minimum Gasteiger partial charge on any atom is -0.479 e. The Balaban J connectivity index is 2.12. The maximum absolute atomic E-state index is 12.1. The second-order valence-electron chi connectivity index (χ2n) is 4.72. The van der Waals surface area contributed by atoms with Crippen LogP contribution < -0.4 is 9.64 Å². The first kappa shape index (κ1) is 15.4. The first-order valence-electron chi connectivity index (χ1n) is 6.60. The number of ketones is 1. The highest BCUT2D eigenvalue weighted by atomic mass is 32.2. The number of nitrogens with zero attached hydrogens (tertiary/aromatic N) is 2. The monoisotopic (exact) mass is 304 g/mol. The van der Waals surface area contributed by atoms with E-state index in [0.29, 0.717) is 34.9 Å². The van der Waals surface area contributed by atoms with Crippen LogP contribution in [0.2, 0.25) is 0 Å². The zero-order valence-electron chi connectivity index (χ0n) is 12.0. The highest BCUT2D eigenvalue weighted by Crippen LogP contribution is 2.34. The predicted octanol–water partition coefficient (Wildman–Crippen LogP) is 2.26. The number of rotatable bonds is 5. The number of hydrogen-bond acceptors (Lipinski definition) is 5. The van der Waals surface area contributed by atoms with Crippen molar-refractivity contribution in [2.24, 2.45) is 0 Å². The molecule has 0 aliphatic carbocycles. The van der Waals surface area contributed by atoms with Crippen LogP contribution in [-0.2, 0) is 4.79 Å². The van der Waals surface area contributed by atoms with Gasteiger partial charge in [-0.05, 0) is 25.1 Å². The lowest BCUT2D eigenvalue weighted by atomic mass is 10.1. The summed E-state index contributed by atoms with van der Waals surface area (Å²) in [5.41, 5.74) is 1.17. The largest absolute Gasteiger partial charge is 0.479 e. The third-order valence-corrected chi connectivity index (χ3v) is 4.17. The molecule has 1 aliphatic rings. The van der Waals surface area contributed by atoms with E-state index in [1.807, 2.05) is 6.07 Å². The van der Waals surface area contributed by atoms with Crippen LogP contribution in [0.25, 0.3) is 0 Å². The van der Waals surface area contributed by atoms with Crippen molar-refractivity contribution in [2.45, 2.75) is 19.4 Å². The van der Waals surface area contributed by atoms with Crippen molar-refractivity contribution in [1.82, 2.24) is 0 Å². The molecule has 6 heteroatoms. The molecule has 5 nitrogen and oxygen atoms in total. The predicted molar refractivity (Wildman–Crippen MR) is 81.8 cm³/mol. The second-order valence-corrected chi connectivity index (χ2v) is 5.83. The normalized spacial score (nSPS) is 16.9. The van der Waals surface area contributed by atoms with Crippen LogP contribution in [0.5, 0.6) is 5.75 Å². The Morgan fingerprint density at radius 1 is 1.52 bits per heavy atom. The Morgan fingerprint density at radius 3 is 3.00 bits per heavy atom. The molecule has 0 saturated heterocycles. The zero-order valence-corrected chi connectivity index (χ0v) is 12.8. The van der Waals surface area contributed by atoms with Crippen molar-refractivity contribution in [3.8, 4) is 11.8 Å². The van der Waals surface area contributed by atoms with E-state index in [1.54, 1.807) is 32.2 Å². The molecule has 1 unspecified atom stereocenters. The maximum Gasteiger partial charge on any atom is 0.267 e. The fraction of sp³-hybridized carbons (Fsp3) is 0.400. The molecule has 110 valence electrons. The van der Waals surface area contributed by atoms with E-state index in [-0.39, 0.29) is 11.7 Å². The molecule has 1 atom stereocenters. The van der Waals surface area contributed by atoms with Gasteiger partial charge in [0.1, 0.15) is 5.75 Å². The van der Waals surface area contributed by atoms with Crippen molar-refractivity contribution in [3.05, 3.63) is 23.8 Å². The number of ether oxygens (including phenoxy) is 1. The summed E-state index contributed by atoms with van der Waals surface area (Å²) in [6, 6.07) is 7.17. The molecule has 0 aromatic heterocycles. The van der Waals surface area contributed by atoms with Gasteiger partial charge < -0.3 is 9.64 Å². The van der Waals surface area contributed by atoms with Gasteiger partial charge in [0.2, 0.25) is 0 Å². The van der Waals surface area contributed by atoms with Gasteiger partial charge in [-0.25, -0.2) is 0 Å². The Morgan fingerprint density at radius 2 is 2.29 bits per heavy atom. The molecule has 0 N–H and O–H groups in total. The van der Waals surface area contributed by atoms with Gasteiger partial charge in [0, 0.05) is 24.8 Å². The Bertz CT molecular complexity index is 609. The molecule has 1 amide bonds. The van der Waals surface area contributed by atoms with E-state index in [0.717, 1.165) is 0 Å². The number of likely N-dealkylation sites (N-methyl/N-ethyl adjacent to an activating group) is 1. The number of amides is 1. The minimum atomic E-state index is -0.509. The molecule has 1 aromatic carbocycles. The highest BCUT2D eigenvalue weighted by Gasteiger charge is 2.29. The van der Waals surface area contributed by atoms with Crippen LogP contribution in [0.15, 0.2) is 18.2 Å². The summed E-state index contributed by atoms with van der Waals surface area (Å²) in [7, 11) is 1.68. The third-order valence-electron chi connectivity index (χ3n) is 3.22. The number of carbonyl (C=O) groups excluding carboxylic acids is 2. The first-order valence-corrected chi connectivity index (χ1v) is 7.76. The first-order chi connectivity index (χ1) is 10.0. The van der Waals surface area contributed by atoms with Crippen molar-refractivity contribution in [1.29, 1.82) is 5.26 Å². The Labute approximate surface area is 127 Å². The summed E-state index contributed by atoms with van der Waals surface area (Å²) in [5, 5.41) is 8.46. The van der Waals surface area contributed by atoms with E-state index in [4.69, 9.17) is 10.00 Å². The molecule has 1 aliphatic heterocycles. The van der Waals surface area contributed by atoms with Crippen molar-refractivity contribution < 1.29 is 14.3 Å². The Kier molecular flexibility index (Phi) is 4.86. The number of hydrogen-bond donors (Lipinski definition) is 0. The van der Waals surface area contributed by atoms with E-state index >= 15 is 0 Å². The molecule has 0 spiro atoms. The molecule has 0 radical (unpaired) electrons. The minimum absolute atomic E-state index is 0.0137. The molecular weight excluding hydrogens is 288 g/mol. The van der Waals surface area contributed by atoms with Crippen LogP contribution in [0.3, 0.4) is 0 Å². The number of anilines is 1. The van der Waals surface area contributed by atoms with Gasteiger partial charge in [-0.1, -0.05) is 0 Å². The van der Waals surface area contributed by atoms with Gasteiger partial charge in [0.15, 0.2) is 11.9 Å². The van der Waals surface area contributed by atoms with E-state index in [1.165, 1.54) is 16.7 Å². The second kappa shape index (κ2) is 6.64. The van der Waals surface area contributed by atoms with Gasteiger partial charge in [0.05, 0.1) is 17.5 Å². The maximum atomic E-state index is 12.1. The average molecular weight is 304 g/mol. The van der Waals surface area contributed by atoms with Gasteiger partial charge >= 0.3 is 0 Å². The molecule has 1 aromatic rings. The SMILES string of the molecule is CC1Oc2ccc(C(=O)CSCCC#N)cc2N(C)C1=O. The lowest BCUT2D eigenvalue weighted by Gasteiger charge is -2.30. The summed E-state index contributed by atoms with van der Waals surface area (Å²) < 4.78 is 5.52. The summed E-state index contributed by atoms with van der Waals surface area (Å²) >= 11 is 1.44. The quantitative estimate of drug-likeness (QED) is 0.616. The van der Waals surface area contributed by atoms with E-state index < -0.39 is 6.10 Å². The van der Waals surface area contributed by atoms with Gasteiger partial charge in [0.25, 0.3) is 5.91 Å². The highest BCUT2D eigenvalue weighted by molar-refractivity contribution is 7.99. The van der Waals surface area contributed by atoms with Crippen LogP contribution in [0, 0.1) is 11.3 Å². The average Bonchev–Trinajstić information content (AvgIpc) is 2.49. The molecule has 0 saturated carbocycles. The fourth-order valence-electron chi connectivity index (χ4n) is 2.05. The molecule has 0 fully saturated rings. The molecule has 1 heterocycles. The number of thioether (sulfide) groups is 1. The van der Waals surface area contributed by atoms with Crippen LogP contribution in [-0.4, -0.2) is 36.3 Å². The smallest absolute Gasteiger partial charge is 0.267 e. The van der Waals surface area contributed by atoms with Crippen molar-refractivity contribution >= 4 is 29.1 Å². The standard InChI is InChI=1S/C15H16N2O3S/c1-10-15(19)17(2)12-8-11(4-5-14(12)20-10)13(18)9-21-7-3-6-16/h4-5,8,10H,3,7,9H2,1-2H3. The summed E-state index contributed by atoms with van der Waals surface area (Å²) in [4.78, 5) is 25.5. The van der Waals surface area contributed by atoms with Crippen molar-refractivity contribution in [2.75, 3.05) is 23.5 Å². The lowest BCUT2D eigenvalue weighted by Crippen LogP contribution is -2.42.